The lowest BCUT2D eigenvalue weighted by Crippen LogP contribution is -2.31. The van der Waals surface area contributed by atoms with Crippen molar-refractivity contribution in [3.05, 3.63) is 65.2 Å². The molecule has 0 atom stereocenters. The molecule has 0 aromatic heterocycles. The Morgan fingerprint density at radius 1 is 0.880 bits per heavy atom. The summed E-state index contributed by atoms with van der Waals surface area (Å²) in [5, 5.41) is 0. The predicted molar refractivity (Wildman–Crippen MR) is 104 cm³/mol. The molecule has 0 unspecified atom stereocenters. The van der Waals surface area contributed by atoms with Gasteiger partial charge in [0.2, 0.25) is 5.91 Å². The molecule has 128 valence electrons. The van der Waals surface area contributed by atoms with Gasteiger partial charge in [-0.15, -0.1) is 0 Å². The van der Waals surface area contributed by atoms with Crippen LogP contribution in [0, 0.1) is 0 Å². The van der Waals surface area contributed by atoms with Crippen molar-refractivity contribution < 1.29 is 4.79 Å². The molecule has 0 saturated carbocycles. The van der Waals surface area contributed by atoms with Crippen molar-refractivity contribution in [1.29, 1.82) is 0 Å². The third-order valence-electron chi connectivity index (χ3n) is 5.51. The van der Waals surface area contributed by atoms with Crippen molar-refractivity contribution in [2.45, 2.75) is 52.0 Å². The van der Waals surface area contributed by atoms with Crippen LogP contribution < -0.4 is 4.90 Å². The van der Waals surface area contributed by atoms with E-state index in [9.17, 15) is 4.79 Å². The van der Waals surface area contributed by atoms with Gasteiger partial charge in [0.15, 0.2) is 0 Å². The summed E-state index contributed by atoms with van der Waals surface area (Å²) in [4.78, 5) is 14.7. The molecule has 0 spiro atoms. The fourth-order valence-electron chi connectivity index (χ4n) is 4.26. The highest BCUT2D eigenvalue weighted by atomic mass is 16.2. The summed E-state index contributed by atoms with van der Waals surface area (Å²) in [5.41, 5.74) is 7.92. The number of nitrogens with zero attached hydrogens (tertiary/aromatic N) is 1. The Kier molecular flexibility index (Phi) is 4.44. The number of allylic oxidation sites excluding steroid dienone is 2. The monoisotopic (exact) mass is 331 g/mol. The average Bonchev–Trinajstić information content (AvgIpc) is 2.90. The van der Waals surface area contributed by atoms with E-state index in [2.05, 4.69) is 48.5 Å². The van der Waals surface area contributed by atoms with E-state index in [1.807, 2.05) is 11.8 Å². The number of carbonyl (C=O) groups is 1. The Labute approximate surface area is 150 Å². The first-order valence-corrected chi connectivity index (χ1v) is 9.49. The highest BCUT2D eigenvalue weighted by Gasteiger charge is 2.26. The molecule has 0 radical (unpaired) electrons. The minimum Gasteiger partial charge on any atom is -0.307 e. The van der Waals surface area contributed by atoms with Gasteiger partial charge in [-0.05, 0) is 54.0 Å². The van der Waals surface area contributed by atoms with Crippen LogP contribution in [0.4, 0.5) is 5.69 Å². The molecule has 2 aromatic rings. The Balaban J connectivity index is 2.01. The molecule has 1 heterocycles. The first-order chi connectivity index (χ1) is 12.3. The van der Waals surface area contributed by atoms with E-state index in [1.165, 1.54) is 47.1 Å². The van der Waals surface area contributed by atoms with E-state index in [0.717, 1.165) is 18.5 Å². The molecule has 0 fully saturated rings. The Bertz CT molecular complexity index is 833. The second-order valence-corrected chi connectivity index (χ2v) is 7.03. The van der Waals surface area contributed by atoms with Gasteiger partial charge in [0.05, 0.1) is 12.2 Å². The number of fused-ring (bicyclic) bond motifs is 4. The Morgan fingerprint density at radius 3 is 2.28 bits per heavy atom. The maximum Gasteiger partial charge on any atom is 0.227 e. The molecular formula is C23H25NO. The van der Waals surface area contributed by atoms with Gasteiger partial charge in [0, 0.05) is 12.0 Å². The fourth-order valence-corrected chi connectivity index (χ4v) is 4.26. The molecule has 2 nitrogen and oxygen atoms in total. The van der Waals surface area contributed by atoms with Crippen LogP contribution in [0.5, 0.6) is 0 Å². The van der Waals surface area contributed by atoms with Gasteiger partial charge in [-0.2, -0.15) is 0 Å². The van der Waals surface area contributed by atoms with Gasteiger partial charge in [-0.25, -0.2) is 0 Å². The number of para-hydroxylation sites is 1. The number of carbonyl (C=O) groups excluding carboxylic acids is 1. The lowest BCUT2D eigenvalue weighted by atomic mass is 9.86. The number of anilines is 1. The second kappa shape index (κ2) is 6.87. The largest absolute Gasteiger partial charge is 0.307 e. The number of benzene rings is 2. The Hall–Kier alpha value is -2.35. The summed E-state index contributed by atoms with van der Waals surface area (Å²) in [6, 6.07) is 17.2. The second-order valence-electron chi connectivity index (χ2n) is 7.03. The van der Waals surface area contributed by atoms with E-state index in [0.29, 0.717) is 13.0 Å². The summed E-state index contributed by atoms with van der Waals surface area (Å²) >= 11 is 0. The van der Waals surface area contributed by atoms with Crippen LogP contribution in [-0.4, -0.2) is 5.91 Å². The third kappa shape index (κ3) is 2.90. The van der Waals surface area contributed by atoms with Crippen molar-refractivity contribution >= 4 is 22.7 Å². The van der Waals surface area contributed by atoms with Crippen molar-refractivity contribution in [3.63, 3.8) is 0 Å². The van der Waals surface area contributed by atoms with E-state index < -0.39 is 0 Å². The summed E-state index contributed by atoms with van der Waals surface area (Å²) in [5.74, 6) is 0.194. The number of amides is 1. The Morgan fingerprint density at radius 2 is 1.52 bits per heavy atom. The van der Waals surface area contributed by atoms with Crippen molar-refractivity contribution in [2.75, 3.05) is 4.90 Å². The number of hydrogen-bond acceptors (Lipinski definition) is 1. The topological polar surface area (TPSA) is 20.3 Å². The quantitative estimate of drug-likeness (QED) is 0.645. The van der Waals surface area contributed by atoms with E-state index in [-0.39, 0.29) is 5.91 Å². The first-order valence-electron chi connectivity index (χ1n) is 9.49. The van der Waals surface area contributed by atoms with Gasteiger partial charge in [0.25, 0.3) is 0 Å². The molecule has 2 heteroatoms. The smallest absolute Gasteiger partial charge is 0.227 e. The lowest BCUT2D eigenvalue weighted by molar-refractivity contribution is -0.118. The van der Waals surface area contributed by atoms with Crippen molar-refractivity contribution in [3.8, 4) is 0 Å². The average molecular weight is 331 g/mol. The molecule has 2 aromatic carbocycles. The van der Waals surface area contributed by atoms with Crippen LogP contribution in [0.2, 0.25) is 0 Å². The zero-order valence-electron chi connectivity index (χ0n) is 14.9. The predicted octanol–water partition coefficient (Wildman–Crippen LogP) is 5.82. The van der Waals surface area contributed by atoms with E-state index in [1.54, 1.807) is 0 Å². The summed E-state index contributed by atoms with van der Waals surface area (Å²) < 4.78 is 0. The van der Waals surface area contributed by atoms with Crippen molar-refractivity contribution in [2.24, 2.45) is 0 Å². The molecule has 1 aliphatic heterocycles. The molecule has 1 aliphatic carbocycles. The molecule has 2 aliphatic rings. The maximum atomic E-state index is 12.7. The number of rotatable bonds is 1. The summed E-state index contributed by atoms with van der Waals surface area (Å²) in [7, 11) is 0. The highest BCUT2D eigenvalue weighted by Crippen LogP contribution is 2.43. The third-order valence-corrected chi connectivity index (χ3v) is 5.51. The molecule has 1 amide bonds. The standard InChI is InChI=1S/C23H25NO/c1-2-23(25)24-16-17-10-6-7-11-18(17)19-12-4-3-5-13-20(19)21-14-8-9-15-22(21)24/h6-11,14-15H,2-5,12-13,16H2,1H3. The summed E-state index contributed by atoms with van der Waals surface area (Å²) in [6.45, 7) is 2.61. The molecule has 0 bridgehead atoms. The van der Waals surface area contributed by atoms with Crippen LogP contribution in [0.15, 0.2) is 48.5 Å². The molecule has 0 N–H and O–H groups in total. The normalized spacial score (nSPS) is 16.9. The van der Waals surface area contributed by atoms with E-state index >= 15 is 0 Å². The zero-order chi connectivity index (χ0) is 17.2. The minimum atomic E-state index is 0.194. The highest BCUT2D eigenvalue weighted by molar-refractivity contribution is 6.02. The zero-order valence-corrected chi connectivity index (χ0v) is 14.9. The van der Waals surface area contributed by atoms with Gasteiger partial charge in [-0.3, -0.25) is 4.79 Å². The lowest BCUT2D eigenvalue weighted by Gasteiger charge is -2.30. The van der Waals surface area contributed by atoms with Crippen LogP contribution in [0.1, 0.15) is 62.1 Å². The summed E-state index contributed by atoms with van der Waals surface area (Å²) in [6.07, 6.45) is 6.55. The van der Waals surface area contributed by atoms with Gasteiger partial charge < -0.3 is 4.90 Å². The molecule has 4 rings (SSSR count). The maximum absolute atomic E-state index is 12.7. The van der Waals surface area contributed by atoms with Crippen LogP contribution >= 0.6 is 0 Å². The van der Waals surface area contributed by atoms with Gasteiger partial charge >= 0.3 is 0 Å². The fraction of sp³-hybridized carbons (Fsp3) is 0.348. The molecule has 0 saturated heterocycles. The van der Waals surface area contributed by atoms with E-state index in [4.69, 9.17) is 0 Å². The van der Waals surface area contributed by atoms with Crippen LogP contribution in [0.3, 0.4) is 0 Å². The first kappa shape index (κ1) is 16.1. The molecule has 25 heavy (non-hydrogen) atoms. The SMILES string of the molecule is CCC(=O)N1Cc2ccccc2C2=C(CCCCC2)c2ccccc21. The van der Waals surface area contributed by atoms with Crippen molar-refractivity contribution in [1.82, 2.24) is 0 Å². The van der Waals surface area contributed by atoms with Crippen LogP contribution in [-0.2, 0) is 11.3 Å². The van der Waals surface area contributed by atoms with Crippen LogP contribution in [0.25, 0.3) is 11.1 Å². The molecular weight excluding hydrogens is 306 g/mol. The van der Waals surface area contributed by atoms with Gasteiger partial charge in [-0.1, -0.05) is 55.8 Å². The number of hydrogen-bond donors (Lipinski definition) is 0. The minimum absolute atomic E-state index is 0.194. The van der Waals surface area contributed by atoms with Gasteiger partial charge in [0.1, 0.15) is 0 Å².